The van der Waals surface area contributed by atoms with E-state index in [2.05, 4.69) is 10.4 Å². The highest BCUT2D eigenvalue weighted by Gasteiger charge is 2.06. The van der Waals surface area contributed by atoms with Crippen molar-refractivity contribution < 1.29 is 9.53 Å². The summed E-state index contributed by atoms with van der Waals surface area (Å²) in [5.74, 6) is -0.0678. The summed E-state index contributed by atoms with van der Waals surface area (Å²) in [6, 6.07) is 7.71. The number of nitrogens with zero attached hydrogens (tertiary/aromatic N) is 2. The molecule has 0 saturated heterocycles. The van der Waals surface area contributed by atoms with Crippen LogP contribution in [0.2, 0.25) is 0 Å². The fraction of sp³-hybridized carbons (Fsp3) is 0.333. The molecule has 2 aromatic rings. The van der Waals surface area contributed by atoms with E-state index in [4.69, 9.17) is 10.5 Å². The lowest BCUT2D eigenvalue weighted by Crippen LogP contribution is -2.14. The lowest BCUT2D eigenvalue weighted by Gasteiger charge is -2.04. The van der Waals surface area contributed by atoms with Crippen LogP contribution in [0.3, 0.4) is 0 Å². The molecule has 0 unspecified atom stereocenters. The quantitative estimate of drug-likeness (QED) is 0.801. The number of hydrogen-bond donors (Lipinski definition) is 2. The van der Waals surface area contributed by atoms with Crippen molar-refractivity contribution in [2.45, 2.75) is 19.5 Å². The van der Waals surface area contributed by atoms with Gasteiger partial charge in [0.05, 0.1) is 31.5 Å². The van der Waals surface area contributed by atoms with Crippen molar-refractivity contribution in [3.05, 3.63) is 47.8 Å². The van der Waals surface area contributed by atoms with Crippen molar-refractivity contribution in [3.63, 3.8) is 0 Å². The number of benzene rings is 1. The number of amides is 1. The number of anilines is 1. The summed E-state index contributed by atoms with van der Waals surface area (Å²) in [6.07, 6.45) is 3.74. The highest BCUT2D eigenvalue weighted by Crippen LogP contribution is 2.08. The van der Waals surface area contributed by atoms with Crippen molar-refractivity contribution in [3.8, 4) is 0 Å². The predicted octanol–water partition coefficient (Wildman–Crippen LogP) is 1.17. The molecule has 0 bridgehead atoms. The van der Waals surface area contributed by atoms with E-state index in [1.165, 1.54) is 0 Å². The van der Waals surface area contributed by atoms with Gasteiger partial charge in [-0.3, -0.25) is 9.48 Å². The van der Waals surface area contributed by atoms with Gasteiger partial charge in [0.1, 0.15) is 0 Å². The number of carbonyl (C=O) groups is 1. The molecule has 0 atom stereocenters. The first-order chi connectivity index (χ1) is 10.2. The number of methoxy groups -OCH3 is 1. The third-order valence-corrected chi connectivity index (χ3v) is 3.06. The lowest BCUT2D eigenvalue weighted by molar-refractivity contribution is -0.115. The molecule has 6 nitrogen and oxygen atoms in total. The topological polar surface area (TPSA) is 82.2 Å². The fourth-order valence-corrected chi connectivity index (χ4v) is 1.92. The molecule has 2 rings (SSSR count). The van der Waals surface area contributed by atoms with E-state index in [9.17, 15) is 4.79 Å². The average Bonchev–Trinajstić information content (AvgIpc) is 2.93. The van der Waals surface area contributed by atoms with E-state index >= 15 is 0 Å². The second kappa shape index (κ2) is 7.56. The molecule has 1 aromatic heterocycles. The van der Waals surface area contributed by atoms with Gasteiger partial charge in [0, 0.05) is 19.9 Å². The van der Waals surface area contributed by atoms with Gasteiger partial charge in [-0.25, -0.2) is 0 Å². The molecular weight excluding hydrogens is 268 g/mol. The van der Waals surface area contributed by atoms with Gasteiger partial charge >= 0.3 is 0 Å². The first kappa shape index (κ1) is 15.2. The zero-order valence-corrected chi connectivity index (χ0v) is 12.1. The molecule has 21 heavy (non-hydrogen) atoms. The van der Waals surface area contributed by atoms with Crippen LogP contribution < -0.4 is 11.1 Å². The van der Waals surface area contributed by atoms with Crippen molar-refractivity contribution in [1.82, 2.24) is 9.78 Å². The number of ether oxygens (including phenoxy) is 1. The highest BCUT2D eigenvalue weighted by atomic mass is 16.5. The zero-order valence-electron chi connectivity index (χ0n) is 12.1. The van der Waals surface area contributed by atoms with E-state index in [0.29, 0.717) is 31.8 Å². The summed E-state index contributed by atoms with van der Waals surface area (Å²) >= 11 is 0. The lowest BCUT2D eigenvalue weighted by atomic mass is 10.1. The van der Waals surface area contributed by atoms with Gasteiger partial charge < -0.3 is 15.8 Å². The molecule has 1 amide bonds. The minimum Gasteiger partial charge on any atom is -0.383 e. The number of nitrogens with one attached hydrogen (secondary N) is 1. The summed E-state index contributed by atoms with van der Waals surface area (Å²) < 4.78 is 6.71. The Morgan fingerprint density at radius 3 is 2.71 bits per heavy atom. The number of rotatable bonds is 7. The second-order valence-corrected chi connectivity index (χ2v) is 4.73. The normalized spacial score (nSPS) is 10.6. The third-order valence-electron chi connectivity index (χ3n) is 3.06. The zero-order chi connectivity index (χ0) is 15.1. The molecule has 0 radical (unpaired) electrons. The summed E-state index contributed by atoms with van der Waals surface area (Å²) in [5, 5.41) is 6.97. The van der Waals surface area contributed by atoms with Gasteiger partial charge in [-0.2, -0.15) is 5.10 Å². The summed E-state index contributed by atoms with van der Waals surface area (Å²) in [5.41, 5.74) is 8.24. The molecule has 1 heterocycles. The molecule has 6 heteroatoms. The van der Waals surface area contributed by atoms with Crippen molar-refractivity contribution in [1.29, 1.82) is 0 Å². The van der Waals surface area contributed by atoms with E-state index in [1.54, 1.807) is 24.2 Å². The molecule has 1 aromatic carbocycles. The van der Waals surface area contributed by atoms with Crippen LogP contribution in [-0.4, -0.2) is 29.4 Å². The van der Waals surface area contributed by atoms with Crippen LogP contribution in [0.15, 0.2) is 36.7 Å². The fourth-order valence-electron chi connectivity index (χ4n) is 1.92. The Labute approximate surface area is 123 Å². The molecule has 3 N–H and O–H groups in total. The Balaban J connectivity index is 1.87. The van der Waals surface area contributed by atoms with Gasteiger partial charge in [-0.15, -0.1) is 0 Å². The maximum atomic E-state index is 12.0. The number of nitrogens with two attached hydrogens (primary N) is 1. The van der Waals surface area contributed by atoms with Crippen LogP contribution >= 0.6 is 0 Å². The average molecular weight is 288 g/mol. The monoisotopic (exact) mass is 288 g/mol. The van der Waals surface area contributed by atoms with Gasteiger partial charge in [-0.05, 0) is 11.1 Å². The minimum atomic E-state index is -0.0678. The first-order valence-electron chi connectivity index (χ1n) is 6.80. The van der Waals surface area contributed by atoms with Crippen molar-refractivity contribution >= 4 is 11.6 Å². The maximum Gasteiger partial charge on any atom is 0.228 e. The largest absolute Gasteiger partial charge is 0.383 e. The number of carbonyl (C=O) groups excluding carboxylic acids is 1. The Bertz CT molecular complexity index is 578. The van der Waals surface area contributed by atoms with Crippen molar-refractivity contribution in [2.75, 3.05) is 19.0 Å². The third kappa shape index (κ3) is 4.70. The smallest absolute Gasteiger partial charge is 0.228 e. The maximum absolute atomic E-state index is 12.0. The predicted molar refractivity (Wildman–Crippen MR) is 80.8 cm³/mol. The number of hydrogen-bond acceptors (Lipinski definition) is 4. The van der Waals surface area contributed by atoms with Crippen LogP contribution in [0.25, 0.3) is 0 Å². The summed E-state index contributed by atoms with van der Waals surface area (Å²) in [4.78, 5) is 12.0. The van der Waals surface area contributed by atoms with Gasteiger partial charge in [0.25, 0.3) is 0 Å². The minimum absolute atomic E-state index is 0.0678. The summed E-state index contributed by atoms with van der Waals surface area (Å²) in [7, 11) is 1.64. The van der Waals surface area contributed by atoms with E-state index in [1.807, 2.05) is 24.3 Å². The Morgan fingerprint density at radius 2 is 2.05 bits per heavy atom. The SMILES string of the molecule is COCCn1cc(NC(=O)Cc2ccc(CN)cc2)cn1. The highest BCUT2D eigenvalue weighted by molar-refractivity contribution is 5.91. The van der Waals surface area contributed by atoms with Crippen LogP contribution in [0, 0.1) is 0 Å². The first-order valence-corrected chi connectivity index (χ1v) is 6.80. The second-order valence-electron chi connectivity index (χ2n) is 4.73. The molecule has 112 valence electrons. The molecule has 0 fully saturated rings. The molecular formula is C15H20N4O2. The van der Waals surface area contributed by atoms with Crippen LogP contribution in [0.4, 0.5) is 5.69 Å². The van der Waals surface area contributed by atoms with Gasteiger partial charge in [0.2, 0.25) is 5.91 Å². The van der Waals surface area contributed by atoms with Crippen LogP contribution in [0.1, 0.15) is 11.1 Å². The Morgan fingerprint density at radius 1 is 1.33 bits per heavy atom. The van der Waals surface area contributed by atoms with E-state index in [0.717, 1.165) is 11.1 Å². The molecule has 0 aliphatic heterocycles. The van der Waals surface area contributed by atoms with Crippen LogP contribution in [-0.2, 0) is 29.0 Å². The molecule has 0 saturated carbocycles. The molecule has 0 aliphatic carbocycles. The molecule has 0 spiro atoms. The van der Waals surface area contributed by atoms with Gasteiger partial charge in [0.15, 0.2) is 0 Å². The Kier molecular flexibility index (Phi) is 5.48. The summed E-state index contributed by atoms with van der Waals surface area (Å²) in [6.45, 7) is 1.75. The Hall–Kier alpha value is -2.18. The van der Waals surface area contributed by atoms with Crippen molar-refractivity contribution in [2.24, 2.45) is 5.73 Å². The van der Waals surface area contributed by atoms with Gasteiger partial charge in [-0.1, -0.05) is 24.3 Å². The standard InChI is InChI=1S/C15H20N4O2/c1-21-7-6-19-11-14(10-17-19)18-15(20)8-12-2-4-13(9-16)5-3-12/h2-5,10-11H,6-9,16H2,1H3,(H,18,20). The van der Waals surface area contributed by atoms with Crippen LogP contribution in [0.5, 0.6) is 0 Å². The number of aromatic nitrogens is 2. The van der Waals surface area contributed by atoms with E-state index < -0.39 is 0 Å². The molecule has 0 aliphatic rings. The van der Waals surface area contributed by atoms with E-state index in [-0.39, 0.29) is 5.91 Å².